The van der Waals surface area contributed by atoms with E-state index in [4.69, 9.17) is 0 Å². The summed E-state index contributed by atoms with van der Waals surface area (Å²) < 4.78 is 0. The molecule has 0 aromatic carbocycles. The van der Waals surface area contributed by atoms with Gasteiger partial charge in [-0.3, -0.25) is 4.98 Å². The van der Waals surface area contributed by atoms with Crippen molar-refractivity contribution in [3.8, 4) is 0 Å². The molecule has 18 heavy (non-hydrogen) atoms. The number of anilines is 1. The van der Waals surface area contributed by atoms with Gasteiger partial charge >= 0.3 is 0 Å². The first kappa shape index (κ1) is 13.7. The molecule has 2 rings (SSSR count). The monoisotopic (exact) mass is 266 g/mol. The molecule has 0 spiro atoms. The minimum absolute atomic E-state index is 0.482. The average Bonchev–Trinajstić information content (AvgIpc) is 2.64. The highest BCUT2D eigenvalue weighted by Gasteiger charge is 2.16. The molecule has 1 aliphatic rings. The van der Waals surface area contributed by atoms with Crippen LogP contribution in [0.2, 0.25) is 0 Å². The average molecular weight is 266 g/mol. The van der Waals surface area contributed by atoms with Crippen LogP contribution in [-0.4, -0.2) is 34.7 Å². The van der Waals surface area contributed by atoms with Gasteiger partial charge in [-0.2, -0.15) is 11.8 Å². The fourth-order valence-electron chi connectivity index (χ4n) is 2.39. The predicted octanol–water partition coefficient (Wildman–Crippen LogP) is 2.86. The Balaban J connectivity index is 2.02. The number of rotatable bonds is 3. The van der Waals surface area contributed by atoms with Crippen molar-refractivity contribution in [3.63, 3.8) is 0 Å². The third kappa shape index (κ3) is 3.39. The molecule has 0 amide bonds. The molecule has 1 aromatic heterocycles. The van der Waals surface area contributed by atoms with Gasteiger partial charge in [0.15, 0.2) is 0 Å². The summed E-state index contributed by atoms with van der Waals surface area (Å²) in [5.74, 6) is 0. The van der Waals surface area contributed by atoms with Gasteiger partial charge in [-0.25, -0.2) is 0 Å². The smallest absolute Gasteiger partial charge is 0.0931 e. The molecule has 0 radical (unpaired) electrons. The molecular formula is C14H22N2OS. The van der Waals surface area contributed by atoms with Crippen LogP contribution in [0.25, 0.3) is 0 Å². The third-order valence-electron chi connectivity index (χ3n) is 3.57. The Labute approximate surface area is 114 Å². The highest BCUT2D eigenvalue weighted by molar-refractivity contribution is 7.99. The van der Waals surface area contributed by atoms with E-state index in [1.165, 1.54) is 24.9 Å². The normalized spacial score (nSPS) is 22.6. The van der Waals surface area contributed by atoms with Crippen LogP contribution >= 0.6 is 11.8 Å². The summed E-state index contributed by atoms with van der Waals surface area (Å²) in [4.78, 5) is 6.74. The largest absolute Gasteiger partial charge is 0.387 e. The molecule has 4 heteroatoms. The molecule has 1 N–H and O–H groups in total. The highest BCUT2D eigenvalue weighted by atomic mass is 32.2. The number of nitrogens with zero attached hydrogens (tertiary/aromatic N) is 2. The lowest BCUT2D eigenvalue weighted by Gasteiger charge is -2.22. The Hall–Kier alpha value is -0.740. The summed E-state index contributed by atoms with van der Waals surface area (Å²) in [6.45, 7) is 3.98. The zero-order valence-electron chi connectivity index (χ0n) is 11.2. The van der Waals surface area contributed by atoms with E-state index in [0.717, 1.165) is 24.0 Å². The second kappa shape index (κ2) is 6.43. The number of hydrogen-bond acceptors (Lipinski definition) is 4. The van der Waals surface area contributed by atoms with Crippen molar-refractivity contribution < 1.29 is 5.11 Å². The lowest BCUT2D eigenvalue weighted by atomic mass is 10.2. The van der Waals surface area contributed by atoms with Gasteiger partial charge in [0.05, 0.1) is 23.7 Å². The van der Waals surface area contributed by atoms with Crippen LogP contribution in [0.4, 0.5) is 5.69 Å². The van der Waals surface area contributed by atoms with Gasteiger partial charge in [0.25, 0.3) is 0 Å². The van der Waals surface area contributed by atoms with Crippen LogP contribution in [0.3, 0.4) is 0 Å². The van der Waals surface area contributed by atoms with E-state index in [1.54, 1.807) is 6.92 Å². The van der Waals surface area contributed by atoms with Crippen LogP contribution in [0.15, 0.2) is 18.3 Å². The number of hydrogen-bond donors (Lipinski definition) is 1. The Morgan fingerprint density at radius 3 is 2.83 bits per heavy atom. The van der Waals surface area contributed by atoms with Gasteiger partial charge < -0.3 is 10.0 Å². The summed E-state index contributed by atoms with van der Waals surface area (Å²) in [6, 6.07) is 4.01. The van der Waals surface area contributed by atoms with Crippen LogP contribution in [-0.2, 0) is 0 Å². The number of aliphatic hydroxyl groups excluding tert-OH is 1. The zero-order chi connectivity index (χ0) is 13.0. The Bertz CT molecular complexity index is 367. The molecule has 2 heterocycles. The van der Waals surface area contributed by atoms with E-state index in [1.807, 2.05) is 24.0 Å². The van der Waals surface area contributed by atoms with E-state index in [0.29, 0.717) is 0 Å². The van der Waals surface area contributed by atoms with Crippen molar-refractivity contribution in [2.45, 2.75) is 37.5 Å². The van der Waals surface area contributed by atoms with Gasteiger partial charge in [0.2, 0.25) is 0 Å². The molecule has 0 aliphatic carbocycles. The topological polar surface area (TPSA) is 36.4 Å². The maximum absolute atomic E-state index is 9.46. The van der Waals surface area contributed by atoms with E-state index in [9.17, 15) is 5.11 Å². The quantitative estimate of drug-likeness (QED) is 0.912. The molecule has 1 aromatic rings. The summed E-state index contributed by atoms with van der Waals surface area (Å²) in [7, 11) is 0. The molecule has 1 unspecified atom stereocenters. The molecule has 100 valence electrons. The fraction of sp³-hybridized carbons (Fsp3) is 0.643. The van der Waals surface area contributed by atoms with Gasteiger partial charge in [-0.05, 0) is 44.6 Å². The lowest BCUT2D eigenvalue weighted by molar-refractivity contribution is 0.194. The number of thioether (sulfide) groups is 1. The SMILES string of the molecule is CSC1CCCN(c2ccc([C@H](C)O)nc2)CC1. The van der Waals surface area contributed by atoms with Crippen LogP contribution in [0.5, 0.6) is 0 Å². The van der Waals surface area contributed by atoms with Crippen molar-refractivity contribution in [1.29, 1.82) is 0 Å². The summed E-state index contributed by atoms with van der Waals surface area (Å²) in [5, 5.41) is 10.3. The van der Waals surface area contributed by atoms with Crippen molar-refractivity contribution in [2.24, 2.45) is 0 Å². The lowest BCUT2D eigenvalue weighted by Crippen LogP contribution is -2.24. The molecule has 1 aliphatic heterocycles. The van der Waals surface area contributed by atoms with Gasteiger partial charge in [-0.15, -0.1) is 0 Å². The first-order valence-electron chi connectivity index (χ1n) is 6.62. The molecule has 0 saturated carbocycles. The van der Waals surface area contributed by atoms with Crippen molar-refractivity contribution in [2.75, 3.05) is 24.2 Å². The first-order valence-corrected chi connectivity index (χ1v) is 7.91. The van der Waals surface area contributed by atoms with Crippen molar-refractivity contribution >= 4 is 17.4 Å². The third-order valence-corrected chi connectivity index (χ3v) is 4.71. The van der Waals surface area contributed by atoms with Crippen molar-refractivity contribution in [3.05, 3.63) is 24.0 Å². The van der Waals surface area contributed by atoms with Crippen LogP contribution in [0, 0.1) is 0 Å². The molecule has 2 atom stereocenters. The van der Waals surface area contributed by atoms with E-state index < -0.39 is 6.10 Å². The summed E-state index contributed by atoms with van der Waals surface area (Å²) in [5.41, 5.74) is 1.93. The molecule has 1 fully saturated rings. The maximum atomic E-state index is 9.46. The van der Waals surface area contributed by atoms with Crippen LogP contribution < -0.4 is 4.90 Å². The minimum Gasteiger partial charge on any atom is -0.387 e. The predicted molar refractivity (Wildman–Crippen MR) is 78.2 cm³/mol. The number of aromatic nitrogens is 1. The summed E-state index contributed by atoms with van der Waals surface area (Å²) in [6.07, 6.45) is 7.43. The highest BCUT2D eigenvalue weighted by Crippen LogP contribution is 2.25. The Kier molecular flexibility index (Phi) is 4.89. The molecular weight excluding hydrogens is 244 g/mol. The van der Waals surface area contributed by atoms with E-state index in [2.05, 4.69) is 22.2 Å². The first-order chi connectivity index (χ1) is 8.70. The van der Waals surface area contributed by atoms with E-state index in [-0.39, 0.29) is 0 Å². The fourth-order valence-corrected chi connectivity index (χ4v) is 3.13. The van der Waals surface area contributed by atoms with Crippen molar-refractivity contribution in [1.82, 2.24) is 4.98 Å². The van der Waals surface area contributed by atoms with Gasteiger partial charge in [-0.1, -0.05) is 0 Å². The second-order valence-corrected chi connectivity index (χ2v) is 6.03. The zero-order valence-corrected chi connectivity index (χ0v) is 12.0. The molecule has 1 saturated heterocycles. The Morgan fingerprint density at radius 2 is 2.22 bits per heavy atom. The second-order valence-electron chi connectivity index (χ2n) is 4.89. The molecule has 3 nitrogen and oxygen atoms in total. The van der Waals surface area contributed by atoms with Gasteiger partial charge in [0.1, 0.15) is 0 Å². The maximum Gasteiger partial charge on any atom is 0.0931 e. The standard InChI is InChI=1S/C14H22N2OS/c1-11(17)14-6-5-12(10-15-14)16-8-3-4-13(18-2)7-9-16/h5-6,10-11,13,17H,3-4,7-9H2,1-2H3/t11-,13?/m0/s1. The Morgan fingerprint density at radius 1 is 1.39 bits per heavy atom. The number of aliphatic hydroxyl groups is 1. The minimum atomic E-state index is -0.482. The number of pyridine rings is 1. The van der Waals surface area contributed by atoms with Gasteiger partial charge in [0, 0.05) is 18.3 Å². The molecule has 0 bridgehead atoms. The van der Waals surface area contributed by atoms with Crippen LogP contribution in [0.1, 0.15) is 38.0 Å². The van der Waals surface area contributed by atoms with E-state index >= 15 is 0 Å². The summed E-state index contributed by atoms with van der Waals surface area (Å²) >= 11 is 1.99.